The van der Waals surface area contributed by atoms with E-state index in [9.17, 15) is 4.79 Å². The van der Waals surface area contributed by atoms with E-state index in [4.69, 9.17) is 22.1 Å². The Morgan fingerprint density at radius 2 is 1.91 bits per heavy atom. The summed E-state index contributed by atoms with van der Waals surface area (Å²) in [7, 11) is 1.43. The number of ether oxygens (including phenoxy) is 1. The largest absolute Gasteiger partial charge is 0.465 e. The molecule has 1 aliphatic carbocycles. The quantitative estimate of drug-likeness (QED) is 0.224. The lowest BCUT2D eigenvalue weighted by Crippen LogP contribution is -2.21. The number of halogens is 1. The highest BCUT2D eigenvalue weighted by molar-refractivity contribution is 9.10. The van der Waals surface area contributed by atoms with Crippen LogP contribution in [-0.2, 0) is 24.1 Å². The molecule has 0 atom stereocenters. The Labute approximate surface area is 211 Å². The van der Waals surface area contributed by atoms with Gasteiger partial charge in [0.05, 0.1) is 36.3 Å². The molecular weight excluding hydrogens is 520 g/mol. The number of rotatable bonds is 5. The Hall–Kier alpha value is -2.23. The monoisotopic (exact) mass is 546 g/mol. The summed E-state index contributed by atoms with van der Waals surface area (Å²) < 4.78 is 8.12. The van der Waals surface area contributed by atoms with Gasteiger partial charge in [-0.05, 0) is 75.0 Å². The summed E-state index contributed by atoms with van der Waals surface area (Å²) in [5.41, 5.74) is 5.65. The van der Waals surface area contributed by atoms with Gasteiger partial charge in [0.15, 0.2) is 5.11 Å². The predicted octanol–water partition coefficient (Wildman–Crippen LogP) is 6.24. The zero-order valence-electron chi connectivity index (χ0n) is 19.0. The topological polar surface area (TPSA) is 68.2 Å². The molecule has 0 saturated heterocycles. The third kappa shape index (κ3) is 5.31. The molecule has 9 heteroatoms. The molecule has 0 radical (unpaired) electrons. The fourth-order valence-corrected chi connectivity index (χ4v) is 6.01. The maximum atomic E-state index is 12.6. The number of benzene rings is 1. The molecule has 0 spiro atoms. The van der Waals surface area contributed by atoms with Crippen LogP contribution in [-0.4, -0.2) is 28.0 Å². The SMILES string of the molecule is COC(=O)c1c(NC(=S)Nc2c(C)nn(Cc3ccc(Br)cc3)c2C)sc2c1CCCCC2. The van der Waals surface area contributed by atoms with Crippen LogP contribution in [0.15, 0.2) is 28.7 Å². The lowest BCUT2D eigenvalue weighted by Gasteiger charge is -2.12. The van der Waals surface area contributed by atoms with Crippen LogP contribution in [0.4, 0.5) is 10.7 Å². The van der Waals surface area contributed by atoms with Gasteiger partial charge in [0, 0.05) is 9.35 Å². The minimum Gasteiger partial charge on any atom is -0.465 e. The maximum Gasteiger partial charge on any atom is 0.341 e. The van der Waals surface area contributed by atoms with E-state index in [1.165, 1.54) is 24.0 Å². The van der Waals surface area contributed by atoms with E-state index >= 15 is 0 Å². The number of fused-ring (bicyclic) bond motifs is 1. The molecule has 0 saturated carbocycles. The van der Waals surface area contributed by atoms with E-state index in [0.717, 1.165) is 57.8 Å². The van der Waals surface area contributed by atoms with E-state index in [2.05, 4.69) is 38.7 Å². The molecule has 2 N–H and O–H groups in total. The Morgan fingerprint density at radius 3 is 2.64 bits per heavy atom. The van der Waals surface area contributed by atoms with Crippen molar-refractivity contribution >= 4 is 61.3 Å². The molecule has 0 unspecified atom stereocenters. The number of thiocarbonyl (C=S) groups is 1. The fraction of sp³-hybridized carbons (Fsp3) is 0.375. The number of carbonyl (C=O) groups excluding carboxylic acids is 1. The van der Waals surface area contributed by atoms with E-state index in [0.29, 0.717) is 17.2 Å². The maximum absolute atomic E-state index is 12.6. The van der Waals surface area contributed by atoms with Crippen LogP contribution in [0.1, 0.15) is 57.0 Å². The van der Waals surface area contributed by atoms with Gasteiger partial charge in [-0.3, -0.25) is 4.68 Å². The molecule has 174 valence electrons. The molecule has 33 heavy (non-hydrogen) atoms. The Bertz CT molecular complexity index is 1180. The second-order valence-corrected chi connectivity index (χ2v) is 10.6. The van der Waals surface area contributed by atoms with Gasteiger partial charge in [-0.25, -0.2) is 4.79 Å². The first-order valence-electron chi connectivity index (χ1n) is 11.0. The molecule has 3 aromatic rings. The van der Waals surface area contributed by atoms with Crippen molar-refractivity contribution in [2.24, 2.45) is 0 Å². The van der Waals surface area contributed by atoms with Crippen LogP contribution in [0.5, 0.6) is 0 Å². The zero-order chi connectivity index (χ0) is 23.5. The van der Waals surface area contributed by atoms with Crippen molar-refractivity contribution in [3.05, 3.63) is 61.7 Å². The summed E-state index contributed by atoms with van der Waals surface area (Å²) in [6, 6.07) is 8.21. The highest BCUT2D eigenvalue weighted by Crippen LogP contribution is 2.38. The molecule has 2 aromatic heterocycles. The van der Waals surface area contributed by atoms with Gasteiger partial charge in [-0.1, -0.05) is 34.5 Å². The van der Waals surface area contributed by atoms with Crippen molar-refractivity contribution in [1.29, 1.82) is 0 Å². The summed E-state index contributed by atoms with van der Waals surface area (Å²) in [4.78, 5) is 13.8. The Balaban J connectivity index is 1.53. The van der Waals surface area contributed by atoms with Crippen LogP contribution in [0.2, 0.25) is 0 Å². The number of thiophene rings is 1. The highest BCUT2D eigenvalue weighted by Gasteiger charge is 2.26. The average molecular weight is 548 g/mol. The van der Waals surface area contributed by atoms with Crippen LogP contribution >= 0.6 is 39.5 Å². The van der Waals surface area contributed by atoms with Gasteiger partial charge in [-0.15, -0.1) is 11.3 Å². The van der Waals surface area contributed by atoms with Gasteiger partial charge in [-0.2, -0.15) is 5.10 Å². The van der Waals surface area contributed by atoms with Crippen molar-refractivity contribution in [2.75, 3.05) is 17.7 Å². The lowest BCUT2D eigenvalue weighted by molar-refractivity contribution is 0.0601. The summed E-state index contributed by atoms with van der Waals surface area (Å²) in [6.07, 6.45) is 5.32. The summed E-state index contributed by atoms with van der Waals surface area (Å²) in [5, 5.41) is 12.5. The minimum atomic E-state index is -0.311. The Kier molecular flexibility index (Phi) is 7.51. The van der Waals surface area contributed by atoms with Crippen molar-refractivity contribution in [1.82, 2.24) is 9.78 Å². The molecule has 1 aromatic carbocycles. The van der Waals surface area contributed by atoms with E-state index in [-0.39, 0.29) is 5.97 Å². The highest BCUT2D eigenvalue weighted by atomic mass is 79.9. The third-order valence-electron chi connectivity index (χ3n) is 5.90. The van der Waals surface area contributed by atoms with Gasteiger partial charge in [0.2, 0.25) is 0 Å². The molecule has 0 amide bonds. The smallest absolute Gasteiger partial charge is 0.341 e. The van der Waals surface area contributed by atoms with E-state index in [1.807, 2.05) is 30.7 Å². The average Bonchev–Trinajstić information content (AvgIpc) is 3.14. The number of nitrogens with one attached hydrogen (secondary N) is 2. The van der Waals surface area contributed by atoms with Crippen molar-refractivity contribution < 1.29 is 9.53 Å². The first-order chi connectivity index (χ1) is 15.9. The number of nitrogens with zero attached hydrogens (tertiary/aromatic N) is 2. The standard InChI is InChI=1S/C24H27BrN4O2S2/c1-14-21(15(2)29(28-14)13-16-9-11-17(25)12-10-16)26-24(32)27-22-20(23(30)31-3)18-7-5-4-6-8-19(18)33-22/h9-12H,4-8,13H2,1-3H3,(H2,26,27,32). The number of hydrogen-bond donors (Lipinski definition) is 2. The molecule has 6 nitrogen and oxygen atoms in total. The van der Waals surface area contributed by atoms with E-state index in [1.54, 1.807) is 11.3 Å². The third-order valence-corrected chi connectivity index (χ3v) is 7.84. The Morgan fingerprint density at radius 1 is 1.18 bits per heavy atom. The zero-order valence-corrected chi connectivity index (χ0v) is 22.2. The van der Waals surface area contributed by atoms with Gasteiger partial charge in [0.1, 0.15) is 5.00 Å². The predicted molar refractivity (Wildman–Crippen MR) is 142 cm³/mol. The summed E-state index contributed by atoms with van der Waals surface area (Å²) in [6.45, 7) is 4.66. The molecule has 0 aliphatic heterocycles. The lowest BCUT2D eigenvalue weighted by atomic mass is 10.1. The van der Waals surface area contributed by atoms with Crippen LogP contribution in [0.3, 0.4) is 0 Å². The van der Waals surface area contributed by atoms with Gasteiger partial charge < -0.3 is 15.4 Å². The summed E-state index contributed by atoms with van der Waals surface area (Å²) in [5.74, 6) is -0.311. The summed E-state index contributed by atoms with van der Waals surface area (Å²) >= 11 is 10.7. The molecule has 0 bridgehead atoms. The van der Waals surface area contributed by atoms with Crippen molar-refractivity contribution in [3.63, 3.8) is 0 Å². The van der Waals surface area contributed by atoms with Crippen LogP contribution < -0.4 is 10.6 Å². The van der Waals surface area contributed by atoms with Gasteiger partial charge >= 0.3 is 5.97 Å². The molecular formula is C24H27BrN4O2S2. The number of aromatic nitrogens is 2. The number of aryl methyl sites for hydroxylation is 2. The molecule has 2 heterocycles. The van der Waals surface area contributed by atoms with Crippen molar-refractivity contribution in [2.45, 2.75) is 52.5 Å². The van der Waals surface area contributed by atoms with Crippen LogP contribution in [0.25, 0.3) is 0 Å². The van der Waals surface area contributed by atoms with E-state index < -0.39 is 0 Å². The molecule has 4 rings (SSSR count). The number of hydrogen-bond acceptors (Lipinski definition) is 5. The number of anilines is 2. The van der Waals surface area contributed by atoms with Crippen LogP contribution in [0, 0.1) is 13.8 Å². The van der Waals surface area contributed by atoms with Gasteiger partial charge in [0.25, 0.3) is 0 Å². The first kappa shape index (κ1) is 23.9. The fourth-order valence-electron chi connectivity index (χ4n) is 4.19. The number of carbonyl (C=O) groups is 1. The second-order valence-electron chi connectivity index (χ2n) is 8.17. The minimum absolute atomic E-state index is 0.311. The molecule has 1 aliphatic rings. The normalized spacial score (nSPS) is 13.2. The first-order valence-corrected chi connectivity index (χ1v) is 13.0. The molecule has 0 fully saturated rings. The number of esters is 1. The number of methoxy groups -OCH3 is 1. The second kappa shape index (κ2) is 10.4. The van der Waals surface area contributed by atoms with Crippen molar-refractivity contribution in [3.8, 4) is 0 Å².